The maximum Gasteiger partial charge on any atom is 0.138 e. The summed E-state index contributed by atoms with van der Waals surface area (Å²) in [5.74, 6) is 0.828. The molecule has 1 aliphatic heterocycles. The first-order chi connectivity index (χ1) is 6.63. The molecule has 5 nitrogen and oxygen atoms in total. The molecule has 1 aliphatic rings. The van der Waals surface area contributed by atoms with E-state index in [4.69, 9.17) is 21.0 Å². The molecule has 0 aromatic rings. The molecule has 0 aliphatic carbocycles. The lowest BCUT2D eigenvalue weighted by Gasteiger charge is -2.11. The third-order valence-electron chi connectivity index (χ3n) is 1.81. The average Bonchev–Trinajstić information content (AvgIpc) is 2.61. The molecular formula is C8H15N3O2S. The molecule has 0 bridgehead atoms. The quantitative estimate of drug-likeness (QED) is 0.387. The summed E-state index contributed by atoms with van der Waals surface area (Å²) in [6, 6.07) is 0. The predicted octanol–water partition coefficient (Wildman–Crippen LogP) is -0.176. The summed E-state index contributed by atoms with van der Waals surface area (Å²) in [5, 5.41) is 18.9. The van der Waals surface area contributed by atoms with Gasteiger partial charge in [0.25, 0.3) is 0 Å². The van der Waals surface area contributed by atoms with Gasteiger partial charge >= 0.3 is 0 Å². The largest absolute Gasteiger partial charge is 0.393 e. The molecule has 5 N–H and O–H groups in total. The molecule has 80 valence electrons. The molecule has 0 saturated carbocycles. The zero-order chi connectivity index (χ0) is 10.6. The van der Waals surface area contributed by atoms with Gasteiger partial charge in [-0.05, 0) is 6.92 Å². The number of aliphatic hydroxyl groups is 1. The Kier molecular flexibility index (Phi) is 4.24. The van der Waals surface area contributed by atoms with E-state index in [1.165, 1.54) is 0 Å². The van der Waals surface area contributed by atoms with Crippen LogP contribution in [-0.2, 0) is 4.74 Å². The van der Waals surface area contributed by atoms with Gasteiger partial charge in [0.15, 0.2) is 0 Å². The lowest BCUT2D eigenvalue weighted by molar-refractivity contribution is 0.0248. The fourth-order valence-electron chi connectivity index (χ4n) is 0.935. The Morgan fingerprint density at radius 1 is 1.86 bits per heavy atom. The van der Waals surface area contributed by atoms with Gasteiger partial charge in [-0.25, -0.2) is 0 Å². The first-order valence-corrected chi connectivity index (χ1v) is 5.33. The molecule has 1 heterocycles. The summed E-state index contributed by atoms with van der Waals surface area (Å²) in [7, 11) is 0. The zero-order valence-corrected chi connectivity index (χ0v) is 8.80. The molecular weight excluding hydrogens is 202 g/mol. The topological polar surface area (TPSA) is 91.4 Å². The SMILES string of the molecule is C/C(=C/N[C@H]1CS[C@@H](CO)O1)C(=N)N. The van der Waals surface area contributed by atoms with E-state index in [1.807, 2.05) is 0 Å². The van der Waals surface area contributed by atoms with Crippen LogP contribution in [0.2, 0.25) is 0 Å². The Morgan fingerprint density at radius 3 is 3.07 bits per heavy atom. The second kappa shape index (κ2) is 5.23. The van der Waals surface area contributed by atoms with Crippen LogP contribution in [0.4, 0.5) is 0 Å². The van der Waals surface area contributed by atoms with Gasteiger partial charge in [-0.2, -0.15) is 0 Å². The van der Waals surface area contributed by atoms with E-state index in [0.29, 0.717) is 5.57 Å². The van der Waals surface area contributed by atoms with Gasteiger partial charge in [0, 0.05) is 17.5 Å². The van der Waals surface area contributed by atoms with Crippen LogP contribution in [0, 0.1) is 5.41 Å². The van der Waals surface area contributed by atoms with Crippen molar-refractivity contribution in [3.05, 3.63) is 11.8 Å². The number of aliphatic hydroxyl groups excluding tert-OH is 1. The third-order valence-corrected chi connectivity index (χ3v) is 2.94. The number of ether oxygens (including phenoxy) is 1. The van der Waals surface area contributed by atoms with Crippen molar-refractivity contribution in [1.82, 2.24) is 5.32 Å². The lowest BCUT2D eigenvalue weighted by atomic mass is 10.3. The van der Waals surface area contributed by atoms with Crippen LogP contribution >= 0.6 is 11.8 Å². The molecule has 0 spiro atoms. The van der Waals surface area contributed by atoms with Crippen molar-refractivity contribution >= 4 is 17.6 Å². The Labute approximate surface area is 87.2 Å². The van der Waals surface area contributed by atoms with Crippen LogP contribution in [0.25, 0.3) is 0 Å². The number of amidine groups is 1. The van der Waals surface area contributed by atoms with Crippen molar-refractivity contribution < 1.29 is 9.84 Å². The highest BCUT2D eigenvalue weighted by Crippen LogP contribution is 2.23. The van der Waals surface area contributed by atoms with Crippen LogP contribution in [0.5, 0.6) is 0 Å². The highest BCUT2D eigenvalue weighted by Gasteiger charge is 2.23. The summed E-state index contributed by atoms with van der Waals surface area (Å²) in [5.41, 5.74) is 5.80. The molecule has 0 unspecified atom stereocenters. The summed E-state index contributed by atoms with van der Waals surface area (Å²) >= 11 is 1.56. The minimum atomic E-state index is -0.140. The first kappa shape index (κ1) is 11.4. The smallest absolute Gasteiger partial charge is 0.138 e. The van der Waals surface area contributed by atoms with Gasteiger partial charge in [-0.15, -0.1) is 11.8 Å². The highest BCUT2D eigenvalue weighted by atomic mass is 32.2. The molecule has 0 aromatic carbocycles. The minimum Gasteiger partial charge on any atom is -0.393 e. The Bertz CT molecular complexity index is 245. The van der Waals surface area contributed by atoms with Crippen LogP contribution in [0.3, 0.4) is 0 Å². The molecule has 2 atom stereocenters. The number of nitrogens with two attached hydrogens (primary N) is 1. The van der Waals surface area contributed by atoms with E-state index >= 15 is 0 Å². The molecule has 0 aromatic heterocycles. The van der Waals surface area contributed by atoms with E-state index in [-0.39, 0.29) is 24.1 Å². The fourth-order valence-corrected chi connectivity index (χ4v) is 1.82. The first-order valence-electron chi connectivity index (χ1n) is 4.28. The molecule has 1 fully saturated rings. The molecule has 0 amide bonds. The van der Waals surface area contributed by atoms with Crippen molar-refractivity contribution in [2.75, 3.05) is 12.4 Å². The van der Waals surface area contributed by atoms with Crippen molar-refractivity contribution in [2.24, 2.45) is 5.73 Å². The van der Waals surface area contributed by atoms with Crippen molar-refractivity contribution in [3.63, 3.8) is 0 Å². The van der Waals surface area contributed by atoms with Crippen LogP contribution < -0.4 is 11.1 Å². The van der Waals surface area contributed by atoms with E-state index < -0.39 is 0 Å². The van der Waals surface area contributed by atoms with Gasteiger partial charge in [-0.1, -0.05) is 0 Å². The summed E-state index contributed by atoms with van der Waals surface area (Å²) in [6.07, 6.45) is 1.55. The molecule has 6 heteroatoms. The Hall–Kier alpha value is -0.720. The summed E-state index contributed by atoms with van der Waals surface area (Å²) in [6.45, 7) is 1.78. The normalized spacial score (nSPS) is 27.7. The average molecular weight is 217 g/mol. The minimum absolute atomic E-state index is 0.0260. The highest BCUT2D eigenvalue weighted by molar-refractivity contribution is 8.00. The van der Waals surface area contributed by atoms with Crippen LogP contribution in [0.1, 0.15) is 6.92 Å². The van der Waals surface area contributed by atoms with Crippen LogP contribution in [0.15, 0.2) is 11.8 Å². The second-order valence-electron chi connectivity index (χ2n) is 2.98. The Morgan fingerprint density at radius 2 is 2.57 bits per heavy atom. The number of rotatable bonds is 4. The van der Waals surface area contributed by atoms with E-state index in [1.54, 1.807) is 24.9 Å². The van der Waals surface area contributed by atoms with Crippen molar-refractivity contribution in [2.45, 2.75) is 18.6 Å². The third kappa shape index (κ3) is 3.21. The van der Waals surface area contributed by atoms with E-state index in [9.17, 15) is 0 Å². The van der Waals surface area contributed by atoms with Gasteiger partial charge in [0.05, 0.1) is 6.61 Å². The summed E-state index contributed by atoms with van der Waals surface area (Å²) < 4.78 is 5.39. The molecule has 0 radical (unpaired) electrons. The maximum atomic E-state index is 8.81. The van der Waals surface area contributed by atoms with Gasteiger partial charge < -0.3 is 20.9 Å². The number of nitrogens with one attached hydrogen (secondary N) is 2. The van der Waals surface area contributed by atoms with Crippen molar-refractivity contribution in [3.8, 4) is 0 Å². The Balaban J connectivity index is 2.33. The van der Waals surface area contributed by atoms with Gasteiger partial charge in [-0.3, -0.25) is 5.41 Å². The van der Waals surface area contributed by atoms with Crippen LogP contribution in [-0.4, -0.2) is 35.0 Å². The number of hydrogen-bond donors (Lipinski definition) is 4. The molecule has 14 heavy (non-hydrogen) atoms. The second-order valence-corrected chi connectivity index (χ2v) is 4.17. The lowest BCUT2D eigenvalue weighted by Crippen LogP contribution is -2.28. The van der Waals surface area contributed by atoms with Gasteiger partial charge in [0.2, 0.25) is 0 Å². The molecule has 1 saturated heterocycles. The van der Waals surface area contributed by atoms with Gasteiger partial charge in [0.1, 0.15) is 17.5 Å². The number of thioether (sulfide) groups is 1. The fraction of sp³-hybridized carbons (Fsp3) is 0.625. The molecule has 1 rings (SSSR count). The van der Waals surface area contributed by atoms with Crippen molar-refractivity contribution in [1.29, 1.82) is 5.41 Å². The van der Waals surface area contributed by atoms with E-state index in [0.717, 1.165) is 5.75 Å². The number of hydrogen-bond acceptors (Lipinski definition) is 5. The standard InChI is InChI=1S/C8H15N3O2S/c1-5(8(9)10)2-11-6-4-14-7(3-12)13-6/h2,6-7,11-12H,3-4H2,1H3,(H3,9,10)/b5-2-/t6-,7+/m1/s1. The predicted molar refractivity (Wildman–Crippen MR) is 57.0 cm³/mol. The maximum absolute atomic E-state index is 8.81. The summed E-state index contributed by atoms with van der Waals surface area (Å²) in [4.78, 5) is 0. The van der Waals surface area contributed by atoms with E-state index in [2.05, 4.69) is 5.32 Å². The zero-order valence-electron chi connectivity index (χ0n) is 7.99. The monoisotopic (exact) mass is 217 g/mol.